The van der Waals surface area contributed by atoms with Gasteiger partial charge < -0.3 is 4.57 Å². The third-order valence-electron chi connectivity index (χ3n) is 7.81. The normalized spacial score (nSPS) is 16.2. The summed E-state index contributed by atoms with van der Waals surface area (Å²) >= 11 is 11.0. The maximum atomic E-state index is 13.2. The van der Waals surface area contributed by atoms with Crippen molar-refractivity contribution in [3.63, 3.8) is 0 Å². The van der Waals surface area contributed by atoms with Gasteiger partial charge in [-0.1, -0.05) is 77.8 Å². The van der Waals surface area contributed by atoms with Crippen molar-refractivity contribution in [1.29, 1.82) is 0 Å². The van der Waals surface area contributed by atoms with Crippen LogP contribution >= 0.6 is 23.2 Å². The van der Waals surface area contributed by atoms with Gasteiger partial charge in [0.2, 0.25) is 11.2 Å². The molecule has 0 radical (unpaired) electrons. The zero-order chi connectivity index (χ0) is 33.5. The van der Waals surface area contributed by atoms with E-state index < -0.39 is 28.5 Å². The van der Waals surface area contributed by atoms with E-state index in [2.05, 4.69) is 4.72 Å². The molecule has 6 nitrogen and oxygen atoms in total. The first-order chi connectivity index (χ1) is 22.3. The number of hydrogen-bond acceptors (Lipinski definition) is 3. The molecule has 0 spiro atoms. The first-order valence-corrected chi connectivity index (χ1v) is 16.3. The number of benzene rings is 4. The van der Waals surface area contributed by atoms with Crippen molar-refractivity contribution < 1.29 is 22.2 Å². The number of amides is 1. The summed E-state index contributed by atoms with van der Waals surface area (Å²) in [4.78, 5) is 17.1. The summed E-state index contributed by atoms with van der Waals surface area (Å²) in [7, 11) is 0. The largest absolute Gasteiger partial charge is 0.416 e. The molecule has 0 bridgehead atoms. The number of halogens is 5. The second-order valence-electron chi connectivity index (χ2n) is 11.5. The fourth-order valence-electron chi connectivity index (χ4n) is 5.25. The number of alkyl halides is 3. The van der Waals surface area contributed by atoms with E-state index in [1.54, 1.807) is 54.6 Å². The molecule has 6 rings (SSSR count). The Morgan fingerprint density at radius 3 is 2.28 bits per heavy atom. The first kappa shape index (κ1) is 32.6. The van der Waals surface area contributed by atoms with Crippen LogP contribution in [-0.4, -0.2) is 25.2 Å². The Labute approximate surface area is 282 Å². The van der Waals surface area contributed by atoms with Crippen LogP contribution in [0.2, 0.25) is 10.0 Å². The molecule has 12 heteroatoms. The van der Waals surface area contributed by atoms with Gasteiger partial charge in [-0.15, -0.1) is 0 Å². The predicted octanol–water partition coefficient (Wildman–Crippen LogP) is 9.05. The molecule has 47 heavy (non-hydrogen) atoms. The van der Waals surface area contributed by atoms with E-state index in [0.29, 0.717) is 50.5 Å². The Hall–Kier alpha value is -4.38. The highest BCUT2D eigenvalue weighted by molar-refractivity contribution is 7.85. The van der Waals surface area contributed by atoms with Crippen molar-refractivity contribution >= 4 is 58.1 Å². The number of aromatic nitrogens is 2. The van der Waals surface area contributed by atoms with Crippen molar-refractivity contribution in [3.05, 3.63) is 130 Å². The molecule has 1 N–H and O–H groups in total. The summed E-state index contributed by atoms with van der Waals surface area (Å²) in [5, 5.41) is 0.961. The predicted molar refractivity (Wildman–Crippen MR) is 182 cm³/mol. The van der Waals surface area contributed by atoms with Crippen molar-refractivity contribution in [3.8, 4) is 22.4 Å². The molecule has 240 valence electrons. The van der Waals surface area contributed by atoms with E-state index in [1.165, 1.54) is 6.07 Å². The lowest BCUT2D eigenvalue weighted by molar-refractivity contribution is -0.137. The number of nitrogens with zero attached hydrogens (tertiary/aromatic N) is 3. The molecule has 1 unspecified atom stereocenters. The van der Waals surface area contributed by atoms with Crippen LogP contribution in [-0.2, 0) is 28.7 Å². The molecule has 1 aromatic heterocycles. The number of rotatable bonds is 7. The molecule has 1 amide bonds. The smallest absolute Gasteiger partial charge is 0.326 e. The molecule has 1 aliphatic heterocycles. The van der Waals surface area contributed by atoms with E-state index in [4.69, 9.17) is 28.2 Å². The maximum Gasteiger partial charge on any atom is 0.416 e. The Morgan fingerprint density at radius 2 is 1.64 bits per heavy atom. The molecule has 1 fully saturated rings. The van der Waals surface area contributed by atoms with Crippen LogP contribution in [0, 0.1) is 0 Å². The highest BCUT2D eigenvalue weighted by Gasteiger charge is 2.46. The number of carbonyl (C=O) groups excluding carboxylic acids is 1. The fraction of sp³-hybridized carbons (Fsp3) is 0.143. The topological polar surface area (TPSA) is 67.2 Å². The molecule has 2 heterocycles. The van der Waals surface area contributed by atoms with Crippen LogP contribution in [0.1, 0.15) is 36.4 Å². The number of imidazole rings is 1. The second kappa shape index (κ2) is 12.7. The van der Waals surface area contributed by atoms with Gasteiger partial charge in [0.15, 0.2) is 0 Å². The number of carbonyl (C=O) groups is 1. The van der Waals surface area contributed by atoms with Crippen LogP contribution < -0.4 is 9.03 Å². The summed E-state index contributed by atoms with van der Waals surface area (Å²) in [5.41, 5.74) is 3.23. The van der Waals surface area contributed by atoms with E-state index in [-0.39, 0.29) is 5.91 Å². The molecule has 1 saturated heterocycles. The Morgan fingerprint density at radius 1 is 0.915 bits per heavy atom. The third kappa shape index (κ3) is 6.86. The van der Waals surface area contributed by atoms with Gasteiger partial charge in [0.05, 0.1) is 22.0 Å². The zero-order valence-corrected chi connectivity index (χ0v) is 27.4. The SMILES string of the molecule is CC1(C)C(=O)NS(=O)N1c1ccc(Cn2cc(-c3ccc(Cl)cc3Cl)nc2/C=C/c2ccc(-c3cccc(C(F)(F)F)c3)cc2)cc1. The Kier molecular flexibility index (Phi) is 8.78. The maximum absolute atomic E-state index is 13.2. The highest BCUT2D eigenvalue weighted by atomic mass is 35.5. The van der Waals surface area contributed by atoms with E-state index in [1.807, 2.05) is 59.3 Å². The molecule has 0 saturated carbocycles. The zero-order valence-electron chi connectivity index (χ0n) is 25.1. The summed E-state index contributed by atoms with van der Waals surface area (Å²) in [6.45, 7) is 3.87. The standard InChI is InChI=1S/C35H27Cl2F3N4O2S/c1-34(2)33(45)42-47(46)44(34)28-14-8-23(9-15-28)20-43-21-31(29-16-13-27(36)19-30(29)37)41-32(43)17-10-22-6-11-24(12-7-22)25-4-3-5-26(18-25)35(38,39)40/h3-19,21H,20H2,1-2H3,(H,42,45)/b17-10+. The number of anilines is 1. The van der Waals surface area contributed by atoms with E-state index in [9.17, 15) is 22.2 Å². The van der Waals surface area contributed by atoms with Crippen molar-refractivity contribution in [2.45, 2.75) is 32.1 Å². The molecular weight excluding hydrogens is 668 g/mol. The van der Waals surface area contributed by atoms with Crippen molar-refractivity contribution in [2.24, 2.45) is 0 Å². The van der Waals surface area contributed by atoms with Gasteiger partial charge in [-0.25, -0.2) is 9.19 Å². The lowest BCUT2D eigenvalue weighted by Crippen LogP contribution is -2.43. The highest BCUT2D eigenvalue weighted by Crippen LogP contribution is 2.34. The average Bonchev–Trinajstić information content (AvgIpc) is 3.51. The van der Waals surface area contributed by atoms with Crippen LogP contribution in [0.3, 0.4) is 0 Å². The minimum Gasteiger partial charge on any atom is -0.326 e. The molecule has 1 aliphatic rings. The third-order valence-corrected chi connectivity index (χ3v) is 9.71. The molecule has 1 atom stereocenters. The number of hydrogen-bond donors (Lipinski definition) is 1. The average molecular weight is 696 g/mol. The molecule has 0 aliphatic carbocycles. The molecular formula is C35H27Cl2F3N4O2S. The minimum atomic E-state index is -4.42. The van der Waals surface area contributed by atoms with Gasteiger partial charge in [0.1, 0.15) is 11.4 Å². The van der Waals surface area contributed by atoms with E-state index in [0.717, 1.165) is 23.3 Å². The monoisotopic (exact) mass is 694 g/mol. The summed E-state index contributed by atoms with van der Waals surface area (Å²) in [6.07, 6.45) is 1.20. The first-order valence-electron chi connectivity index (χ1n) is 14.4. The van der Waals surface area contributed by atoms with Gasteiger partial charge in [0.25, 0.3) is 5.91 Å². The van der Waals surface area contributed by atoms with Gasteiger partial charge in [-0.2, -0.15) is 13.2 Å². The quantitative estimate of drug-likeness (QED) is 0.185. The van der Waals surface area contributed by atoms with Gasteiger partial charge in [-0.05, 0) is 84.6 Å². The lowest BCUT2D eigenvalue weighted by Gasteiger charge is -2.27. The van der Waals surface area contributed by atoms with Crippen LogP contribution in [0.25, 0.3) is 34.5 Å². The van der Waals surface area contributed by atoms with Gasteiger partial charge in [-0.3, -0.25) is 13.8 Å². The van der Waals surface area contributed by atoms with Crippen LogP contribution in [0.4, 0.5) is 18.9 Å². The minimum absolute atomic E-state index is 0.312. The summed E-state index contributed by atoms with van der Waals surface area (Å²) < 4.78 is 58.2. The second-order valence-corrected chi connectivity index (χ2v) is 13.4. The van der Waals surface area contributed by atoms with Crippen LogP contribution in [0.15, 0.2) is 97.2 Å². The molecule has 4 aromatic carbocycles. The summed E-state index contributed by atoms with van der Waals surface area (Å²) in [5.74, 6) is 0.321. The van der Waals surface area contributed by atoms with E-state index >= 15 is 0 Å². The Bertz CT molecular complexity index is 2020. The summed E-state index contributed by atoms with van der Waals surface area (Å²) in [6, 6.07) is 25.1. The molecule has 5 aromatic rings. The van der Waals surface area contributed by atoms with Crippen LogP contribution in [0.5, 0.6) is 0 Å². The fourth-order valence-corrected chi connectivity index (χ4v) is 7.07. The Balaban J connectivity index is 1.28. The van der Waals surface area contributed by atoms with Crippen molar-refractivity contribution in [1.82, 2.24) is 14.3 Å². The van der Waals surface area contributed by atoms with Gasteiger partial charge in [0, 0.05) is 23.3 Å². The van der Waals surface area contributed by atoms with Crippen molar-refractivity contribution in [2.75, 3.05) is 4.31 Å². The van der Waals surface area contributed by atoms with Gasteiger partial charge >= 0.3 is 6.18 Å². The lowest BCUT2D eigenvalue weighted by atomic mass is 10.0. The number of nitrogens with one attached hydrogen (secondary N) is 1.